The lowest BCUT2D eigenvalue weighted by Crippen LogP contribution is -2.56. The average Bonchev–Trinajstić information content (AvgIpc) is 2.52. The quantitative estimate of drug-likeness (QED) is 0.667. The Hall–Kier alpha value is -2.57. The first-order valence-electron chi connectivity index (χ1n) is 8.14. The van der Waals surface area contributed by atoms with Crippen LogP contribution in [0.3, 0.4) is 0 Å². The maximum atomic E-state index is 12.4. The van der Waals surface area contributed by atoms with Crippen molar-refractivity contribution in [3.05, 3.63) is 35.9 Å². The van der Waals surface area contributed by atoms with Gasteiger partial charge < -0.3 is 20.5 Å². The maximum absolute atomic E-state index is 12.4. The minimum absolute atomic E-state index is 0.0866. The standard InChI is InChI=1S/C18H26N2O5/c1-12(2)10-14(15(21)20-18(3,4)16(22)23)19-17(24)25-11-13-8-6-5-7-9-13/h5-9,12,14H,10-11H2,1-4H3,(H,19,24)(H,20,21)(H,22,23). The molecule has 0 aromatic heterocycles. The Morgan fingerprint density at radius 2 is 1.76 bits per heavy atom. The molecule has 0 aliphatic carbocycles. The van der Waals surface area contributed by atoms with Crippen molar-refractivity contribution in [2.45, 2.75) is 52.3 Å². The first-order valence-corrected chi connectivity index (χ1v) is 8.14. The molecule has 1 rings (SSSR count). The molecule has 0 bridgehead atoms. The summed E-state index contributed by atoms with van der Waals surface area (Å²) in [4.78, 5) is 35.5. The second-order valence-corrected chi connectivity index (χ2v) is 6.81. The van der Waals surface area contributed by atoms with E-state index in [-0.39, 0.29) is 12.5 Å². The normalized spacial score (nSPS) is 12.4. The minimum atomic E-state index is -1.43. The highest BCUT2D eigenvalue weighted by Crippen LogP contribution is 2.09. The van der Waals surface area contributed by atoms with E-state index in [4.69, 9.17) is 9.84 Å². The monoisotopic (exact) mass is 350 g/mol. The third kappa shape index (κ3) is 7.24. The van der Waals surface area contributed by atoms with Gasteiger partial charge in [-0.2, -0.15) is 0 Å². The number of aliphatic carboxylic acids is 1. The highest BCUT2D eigenvalue weighted by molar-refractivity contribution is 5.90. The van der Waals surface area contributed by atoms with Crippen molar-refractivity contribution in [3.63, 3.8) is 0 Å². The van der Waals surface area contributed by atoms with Gasteiger partial charge in [0.2, 0.25) is 5.91 Å². The van der Waals surface area contributed by atoms with Crippen molar-refractivity contribution >= 4 is 18.0 Å². The molecule has 0 fully saturated rings. The van der Waals surface area contributed by atoms with Crippen molar-refractivity contribution in [2.75, 3.05) is 0 Å². The summed E-state index contributed by atoms with van der Waals surface area (Å²) in [6.07, 6.45) is -0.361. The van der Waals surface area contributed by atoms with E-state index in [1.807, 2.05) is 44.2 Å². The molecule has 2 amide bonds. The number of rotatable bonds is 8. The Morgan fingerprint density at radius 1 is 1.16 bits per heavy atom. The van der Waals surface area contributed by atoms with E-state index in [0.29, 0.717) is 6.42 Å². The number of hydrogen-bond donors (Lipinski definition) is 3. The van der Waals surface area contributed by atoms with Gasteiger partial charge in [-0.1, -0.05) is 44.2 Å². The molecule has 1 atom stereocenters. The summed E-state index contributed by atoms with van der Waals surface area (Å²) in [5.74, 6) is -1.59. The number of amides is 2. The zero-order chi connectivity index (χ0) is 19.0. The molecule has 0 saturated heterocycles. The Kier molecular flexibility index (Phi) is 7.42. The molecule has 3 N–H and O–H groups in total. The van der Waals surface area contributed by atoms with E-state index < -0.39 is 29.6 Å². The topological polar surface area (TPSA) is 105 Å². The highest BCUT2D eigenvalue weighted by atomic mass is 16.5. The number of carboxylic acids is 1. The van der Waals surface area contributed by atoms with E-state index in [2.05, 4.69) is 10.6 Å². The first-order chi connectivity index (χ1) is 11.6. The average molecular weight is 350 g/mol. The second kappa shape index (κ2) is 9.05. The Balaban J connectivity index is 2.66. The lowest BCUT2D eigenvalue weighted by Gasteiger charge is -2.26. The zero-order valence-corrected chi connectivity index (χ0v) is 15.0. The van der Waals surface area contributed by atoms with Crippen molar-refractivity contribution in [2.24, 2.45) is 5.92 Å². The summed E-state index contributed by atoms with van der Waals surface area (Å²) in [5.41, 5.74) is -0.600. The van der Waals surface area contributed by atoms with Crippen LogP contribution in [0.25, 0.3) is 0 Å². The molecule has 25 heavy (non-hydrogen) atoms. The summed E-state index contributed by atoms with van der Waals surface area (Å²) in [6, 6.07) is 8.29. The number of hydrogen-bond acceptors (Lipinski definition) is 4. The van der Waals surface area contributed by atoms with Gasteiger partial charge >= 0.3 is 12.1 Å². The summed E-state index contributed by atoms with van der Waals surface area (Å²) >= 11 is 0. The van der Waals surface area contributed by atoms with E-state index >= 15 is 0 Å². The van der Waals surface area contributed by atoms with Crippen LogP contribution >= 0.6 is 0 Å². The zero-order valence-electron chi connectivity index (χ0n) is 15.0. The molecule has 1 aromatic rings. The van der Waals surface area contributed by atoms with Crippen LogP contribution in [0.15, 0.2) is 30.3 Å². The Labute approximate surface area is 147 Å². The highest BCUT2D eigenvalue weighted by Gasteiger charge is 2.32. The van der Waals surface area contributed by atoms with Crippen LogP contribution in [-0.4, -0.2) is 34.7 Å². The molecule has 0 spiro atoms. The molecular weight excluding hydrogens is 324 g/mol. The van der Waals surface area contributed by atoms with Crippen molar-refractivity contribution in [1.29, 1.82) is 0 Å². The van der Waals surface area contributed by atoms with Gasteiger partial charge in [-0.15, -0.1) is 0 Å². The molecule has 0 radical (unpaired) electrons. The van der Waals surface area contributed by atoms with Crippen LogP contribution < -0.4 is 10.6 Å². The molecular formula is C18H26N2O5. The van der Waals surface area contributed by atoms with Crippen LogP contribution in [0.1, 0.15) is 39.7 Å². The lowest BCUT2D eigenvalue weighted by molar-refractivity contribution is -0.146. The first kappa shape index (κ1) is 20.5. The number of alkyl carbamates (subject to hydrolysis) is 1. The number of benzene rings is 1. The largest absolute Gasteiger partial charge is 0.480 e. The SMILES string of the molecule is CC(C)CC(NC(=O)OCc1ccccc1)C(=O)NC(C)(C)C(=O)O. The second-order valence-electron chi connectivity index (χ2n) is 6.81. The summed E-state index contributed by atoms with van der Waals surface area (Å²) in [7, 11) is 0. The van der Waals surface area contributed by atoms with E-state index in [0.717, 1.165) is 5.56 Å². The van der Waals surface area contributed by atoms with Gasteiger partial charge in [0.15, 0.2) is 0 Å². The summed E-state index contributed by atoms with van der Waals surface area (Å²) < 4.78 is 5.12. The Morgan fingerprint density at radius 3 is 2.28 bits per heavy atom. The third-order valence-corrected chi connectivity index (χ3v) is 3.50. The molecule has 7 heteroatoms. The van der Waals surface area contributed by atoms with Gasteiger partial charge in [-0.05, 0) is 31.7 Å². The van der Waals surface area contributed by atoms with Crippen LogP contribution in [0.4, 0.5) is 4.79 Å². The fraction of sp³-hybridized carbons (Fsp3) is 0.500. The molecule has 0 saturated carbocycles. The van der Waals surface area contributed by atoms with Crippen molar-refractivity contribution < 1.29 is 24.2 Å². The summed E-state index contributed by atoms with van der Waals surface area (Å²) in [5, 5.41) is 14.1. The third-order valence-electron chi connectivity index (χ3n) is 3.50. The predicted molar refractivity (Wildman–Crippen MR) is 92.9 cm³/mol. The lowest BCUT2D eigenvalue weighted by atomic mass is 10.0. The van der Waals surface area contributed by atoms with Crippen molar-refractivity contribution in [1.82, 2.24) is 10.6 Å². The molecule has 0 heterocycles. The van der Waals surface area contributed by atoms with Gasteiger partial charge in [-0.3, -0.25) is 4.79 Å². The fourth-order valence-corrected chi connectivity index (χ4v) is 2.06. The van der Waals surface area contributed by atoms with Crippen LogP contribution in [-0.2, 0) is 20.9 Å². The van der Waals surface area contributed by atoms with Gasteiger partial charge in [-0.25, -0.2) is 9.59 Å². The smallest absolute Gasteiger partial charge is 0.408 e. The van der Waals surface area contributed by atoms with Gasteiger partial charge in [0, 0.05) is 0 Å². The van der Waals surface area contributed by atoms with Crippen LogP contribution in [0.5, 0.6) is 0 Å². The van der Waals surface area contributed by atoms with E-state index in [1.165, 1.54) is 13.8 Å². The number of carboxylic acid groups (broad SMARTS) is 1. The molecule has 138 valence electrons. The van der Waals surface area contributed by atoms with Gasteiger partial charge in [0.1, 0.15) is 18.2 Å². The molecule has 0 aliphatic rings. The van der Waals surface area contributed by atoms with Gasteiger partial charge in [0.05, 0.1) is 0 Å². The predicted octanol–water partition coefficient (Wildman–Crippen LogP) is 2.31. The van der Waals surface area contributed by atoms with E-state index in [9.17, 15) is 14.4 Å². The molecule has 0 aliphatic heterocycles. The molecule has 1 aromatic carbocycles. The minimum Gasteiger partial charge on any atom is -0.480 e. The maximum Gasteiger partial charge on any atom is 0.408 e. The molecule has 1 unspecified atom stereocenters. The Bertz CT molecular complexity index is 599. The van der Waals surface area contributed by atoms with Crippen molar-refractivity contribution in [3.8, 4) is 0 Å². The van der Waals surface area contributed by atoms with Crippen LogP contribution in [0.2, 0.25) is 0 Å². The van der Waals surface area contributed by atoms with E-state index in [1.54, 1.807) is 0 Å². The number of carbonyl (C=O) groups excluding carboxylic acids is 2. The van der Waals surface area contributed by atoms with Crippen LogP contribution in [0, 0.1) is 5.92 Å². The number of nitrogens with one attached hydrogen (secondary N) is 2. The number of carbonyl (C=O) groups is 3. The molecule has 7 nitrogen and oxygen atoms in total. The fourth-order valence-electron chi connectivity index (χ4n) is 2.06. The van der Waals surface area contributed by atoms with Gasteiger partial charge in [0.25, 0.3) is 0 Å². The summed E-state index contributed by atoms with van der Waals surface area (Å²) in [6.45, 7) is 6.66. The number of ether oxygens (including phenoxy) is 1.